The maximum absolute atomic E-state index is 14.7. The summed E-state index contributed by atoms with van der Waals surface area (Å²) in [5.74, 6) is -2.54. The van der Waals surface area contributed by atoms with Crippen LogP contribution in [0.15, 0.2) is 30.3 Å². The molecule has 1 heterocycles. The number of aryl methyl sites for hydroxylation is 1. The lowest BCUT2D eigenvalue weighted by atomic mass is 9.88. The van der Waals surface area contributed by atoms with Gasteiger partial charge in [-0.25, -0.2) is 13.6 Å². The highest BCUT2D eigenvalue weighted by Crippen LogP contribution is 2.39. The lowest BCUT2D eigenvalue weighted by Crippen LogP contribution is -2.41. The number of carbonyl (C=O) groups is 2. The Morgan fingerprint density at radius 2 is 1.91 bits per heavy atom. The molecule has 1 aromatic heterocycles. The minimum Gasteiger partial charge on any atom is -0.444 e. The Bertz CT molecular complexity index is 1230. The monoisotopic (exact) mass is 441 g/mol. The van der Waals surface area contributed by atoms with Crippen molar-refractivity contribution < 1.29 is 23.1 Å². The number of carbonyl (C=O) groups excluding carboxylic acids is 2. The second-order valence-electron chi connectivity index (χ2n) is 9.04. The molecule has 0 fully saturated rings. The van der Waals surface area contributed by atoms with Gasteiger partial charge in [-0.15, -0.1) is 0 Å². The highest BCUT2D eigenvalue weighted by molar-refractivity contribution is 6.10. The molecule has 0 saturated heterocycles. The Kier molecular flexibility index (Phi) is 5.40. The smallest absolute Gasteiger partial charge is 0.407 e. The molecule has 32 heavy (non-hydrogen) atoms. The van der Waals surface area contributed by atoms with Crippen molar-refractivity contribution in [2.45, 2.75) is 51.7 Å². The SMILES string of the molecule is CC(C)(C)OC(=O)NC1CCc2[nH]c3c(C(N)=O)ccc(-c4cccc(F)c4F)c3c2C1. The molecule has 1 aliphatic carbocycles. The van der Waals surface area contributed by atoms with Gasteiger partial charge in [-0.3, -0.25) is 4.79 Å². The summed E-state index contributed by atoms with van der Waals surface area (Å²) in [6.07, 6.45) is 1.20. The Morgan fingerprint density at radius 1 is 1.16 bits per heavy atom. The molecule has 0 spiro atoms. The lowest BCUT2D eigenvalue weighted by Gasteiger charge is -2.26. The van der Waals surface area contributed by atoms with E-state index in [0.29, 0.717) is 35.7 Å². The maximum Gasteiger partial charge on any atom is 0.407 e. The fourth-order valence-corrected chi connectivity index (χ4v) is 4.27. The predicted molar refractivity (Wildman–Crippen MR) is 117 cm³/mol. The third kappa shape index (κ3) is 4.04. The van der Waals surface area contributed by atoms with Crippen LogP contribution in [-0.4, -0.2) is 28.6 Å². The highest BCUT2D eigenvalue weighted by atomic mass is 19.2. The van der Waals surface area contributed by atoms with Crippen molar-refractivity contribution in [2.24, 2.45) is 5.73 Å². The first kappa shape index (κ1) is 21.8. The zero-order valence-corrected chi connectivity index (χ0v) is 18.1. The van der Waals surface area contributed by atoms with Gasteiger partial charge < -0.3 is 20.8 Å². The molecule has 6 nitrogen and oxygen atoms in total. The number of nitrogens with one attached hydrogen (secondary N) is 2. The molecular formula is C24H25F2N3O3. The summed E-state index contributed by atoms with van der Waals surface area (Å²) in [5, 5.41) is 3.50. The zero-order valence-electron chi connectivity index (χ0n) is 18.1. The number of alkyl carbamates (subject to hydrolysis) is 1. The normalized spacial score (nSPS) is 16.0. The molecule has 0 radical (unpaired) electrons. The summed E-state index contributed by atoms with van der Waals surface area (Å²) in [7, 11) is 0. The van der Waals surface area contributed by atoms with E-state index in [-0.39, 0.29) is 17.2 Å². The van der Waals surface area contributed by atoms with Crippen molar-refractivity contribution in [3.05, 3.63) is 58.8 Å². The van der Waals surface area contributed by atoms with Gasteiger partial charge in [-0.05, 0) is 63.3 Å². The number of aromatic amines is 1. The second kappa shape index (κ2) is 7.93. The largest absolute Gasteiger partial charge is 0.444 e. The standard InChI is InChI=1S/C24H25F2N3O3/c1-24(2,3)32-23(31)28-12-7-10-18-16(11-12)19-13(14-5-4-6-17(25)20(14)26)8-9-15(22(27)30)21(19)29-18/h4-6,8-9,12,29H,7,10-11H2,1-3H3,(H2,27,30)(H,28,31). The molecule has 0 saturated carbocycles. The summed E-state index contributed by atoms with van der Waals surface area (Å²) in [6.45, 7) is 5.36. The van der Waals surface area contributed by atoms with Crippen LogP contribution in [0.5, 0.6) is 0 Å². The van der Waals surface area contributed by atoms with Crippen molar-refractivity contribution in [2.75, 3.05) is 0 Å². The zero-order chi connectivity index (χ0) is 23.2. The quantitative estimate of drug-likeness (QED) is 0.554. The topological polar surface area (TPSA) is 97.2 Å². The predicted octanol–water partition coefficient (Wildman–Crippen LogP) is 4.59. The molecule has 1 unspecified atom stereocenters. The van der Waals surface area contributed by atoms with Crippen molar-refractivity contribution in [1.82, 2.24) is 10.3 Å². The number of hydrogen-bond acceptors (Lipinski definition) is 3. The fourth-order valence-electron chi connectivity index (χ4n) is 4.27. The van der Waals surface area contributed by atoms with Crippen molar-refractivity contribution in [1.29, 1.82) is 0 Å². The molecule has 168 valence electrons. The number of halogens is 2. The van der Waals surface area contributed by atoms with Gasteiger partial charge in [-0.2, -0.15) is 0 Å². The molecule has 2 amide bonds. The highest BCUT2D eigenvalue weighted by Gasteiger charge is 2.29. The number of rotatable bonds is 3. The van der Waals surface area contributed by atoms with E-state index >= 15 is 0 Å². The number of primary amides is 1. The molecule has 1 aliphatic rings. The summed E-state index contributed by atoms with van der Waals surface area (Å²) in [4.78, 5) is 27.6. The molecule has 0 bridgehead atoms. The molecule has 4 N–H and O–H groups in total. The molecule has 0 aliphatic heterocycles. The molecule has 2 aromatic carbocycles. The summed E-state index contributed by atoms with van der Waals surface area (Å²) >= 11 is 0. The van der Waals surface area contributed by atoms with Gasteiger partial charge in [0.2, 0.25) is 0 Å². The van der Waals surface area contributed by atoms with Crippen molar-refractivity contribution in [3.8, 4) is 11.1 Å². The maximum atomic E-state index is 14.7. The van der Waals surface area contributed by atoms with Crippen LogP contribution in [0.3, 0.4) is 0 Å². The van der Waals surface area contributed by atoms with Crippen LogP contribution < -0.4 is 11.1 Å². The Morgan fingerprint density at radius 3 is 2.59 bits per heavy atom. The van der Waals surface area contributed by atoms with Crippen LogP contribution in [0, 0.1) is 11.6 Å². The van der Waals surface area contributed by atoms with Gasteiger partial charge in [0.05, 0.1) is 11.1 Å². The van der Waals surface area contributed by atoms with E-state index in [0.717, 1.165) is 17.3 Å². The summed E-state index contributed by atoms with van der Waals surface area (Å²) in [6, 6.07) is 6.88. The van der Waals surface area contributed by atoms with Gasteiger partial charge >= 0.3 is 6.09 Å². The fraction of sp³-hybridized carbons (Fsp3) is 0.333. The second-order valence-corrected chi connectivity index (χ2v) is 9.04. The third-order valence-corrected chi connectivity index (χ3v) is 5.57. The third-order valence-electron chi connectivity index (χ3n) is 5.57. The molecule has 4 rings (SSSR count). The van der Waals surface area contributed by atoms with Gasteiger partial charge in [0, 0.05) is 22.7 Å². The van der Waals surface area contributed by atoms with Crippen LogP contribution in [0.1, 0.15) is 48.8 Å². The van der Waals surface area contributed by atoms with Crippen molar-refractivity contribution in [3.63, 3.8) is 0 Å². The Labute approximate surface area is 184 Å². The molecule has 8 heteroatoms. The van der Waals surface area contributed by atoms with Gasteiger partial charge in [0.25, 0.3) is 5.91 Å². The summed E-state index contributed by atoms with van der Waals surface area (Å²) < 4.78 is 34.0. The number of H-pyrrole nitrogens is 1. The Hall–Kier alpha value is -3.42. The van der Waals surface area contributed by atoms with E-state index < -0.39 is 29.2 Å². The number of fused-ring (bicyclic) bond motifs is 3. The van der Waals surface area contributed by atoms with Crippen LogP contribution >= 0.6 is 0 Å². The number of nitrogens with two attached hydrogens (primary N) is 1. The lowest BCUT2D eigenvalue weighted by molar-refractivity contribution is 0.0500. The minimum absolute atomic E-state index is 0.0926. The van der Waals surface area contributed by atoms with Gasteiger partial charge in [-0.1, -0.05) is 18.2 Å². The molecule has 1 atom stereocenters. The molecular weight excluding hydrogens is 416 g/mol. The van der Waals surface area contributed by atoms with E-state index in [1.165, 1.54) is 18.2 Å². The summed E-state index contributed by atoms with van der Waals surface area (Å²) in [5.41, 5.74) is 7.98. The number of ether oxygens (including phenoxy) is 1. The van der Waals surface area contributed by atoms with Crippen LogP contribution in [0.4, 0.5) is 13.6 Å². The average Bonchev–Trinajstić information content (AvgIpc) is 3.07. The molecule has 3 aromatic rings. The van der Waals surface area contributed by atoms with Gasteiger partial charge in [0.15, 0.2) is 11.6 Å². The van der Waals surface area contributed by atoms with E-state index in [4.69, 9.17) is 10.5 Å². The first-order chi connectivity index (χ1) is 15.0. The van der Waals surface area contributed by atoms with Crippen LogP contribution in [0.2, 0.25) is 0 Å². The van der Waals surface area contributed by atoms with Crippen molar-refractivity contribution >= 4 is 22.9 Å². The Balaban J connectivity index is 1.81. The number of amides is 2. The first-order valence-electron chi connectivity index (χ1n) is 10.5. The van der Waals surface area contributed by atoms with E-state index in [1.807, 2.05) is 0 Å². The van der Waals surface area contributed by atoms with E-state index in [1.54, 1.807) is 26.8 Å². The number of aromatic nitrogens is 1. The first-order valence-corrected chi connectivity index (χ1v) is 10.5. The van der Waals surface area contributed by atoms with E-state index in [9.17, 15) is 18.4 Å². The average molecular weight is 441 g/mol. The minimum atomic E-state index is -0.963. The van der Waals surface area contributed by atoms with Crippen LogP contribution in [-0.2, 0) is 17.6 Å². The number of hydrogen-bond donors (Lipinski definition) is 3. The van der Waals surface area contributed by atoms with Crippen LogP contribution in [0.25, 0.3) is 22.0 Å². The van der Waals surface area contributed by atoms with E-state index in [2.05, 4.69) is 10.3 Å². The van der Waals surface area contributed by atoms with Gasteiger partial charge in [0.1, 0.15) is 5.60 Å². The number of benzene rings is 2.